The number of aliphatic hydroxyl groups excluding tert-OH is 1. The van der Waals surface area contributed by atoms with Crippen molar-refractivity contribution >= 4 is 11.0 Å². The molecule has 0 aliphatic carbocycles. The topological polar surface area (TPSA) is 68.9 Å². The van der Waals surface area contributed by atoms with Gasteiger partial charge in [-0.05, 0) is 36.6 Å². The van der Waals surface area contributed by atoms with Crippen LogP contribution in [0.5, 0.6) is 11.5 Å². The van der Waals surface area contributed by atoms with Crippen molar-refractivity contribution in [3.63, 3.8) is 0 Å². The lowest BCUT2D eigenvalue weighted by Crippen LogP contribution is -2.04. The van der Waals surface area contributed by atoms with Crippen LogP contribution in [-0.2, 0) is 6.42 Å². The zero-order valence-electron chi connectivity index (χ0n) is 14.2. The Bertz CT molecular complexity index is 942. The van der Waals surface area contributed by atoms with Crippen LogP contribution < -0.4 is 14.9 Å². The van der Waals surface area contributed by atoms with Gasteiger partial charge in [-0.15, -0.1) is 0 Å². The van der Waals surface area contributed by atoms with Crippen molar-refractivity contribution in [3.8, 4) is 22.8 Å². The largest absolute Gasteiger partial charge is 0.496 e. The maximum atomic E-state index is 12.6. The summed E-state index contributed by atoms with van der Waals surface area (Å²) in [6.45, 7) is 0.0897. The molecule has 0 aliphatic heterocycles. The SMILES string of the molecule is COc1ccccc1-c1cc(=O)c2ccc(CCCO)c(OC)c2o1. The van der Waals surface area contributed by atoms with Crippen LogP contribution in [0.25, 0.3) is 22.3 Å². The van der Waals surface area contributed by atoms with E-state index in [9.17, 15) is 4.79 Å². The molecule has 0 saturated heterocycles. The molecular formula is C20H20O5. The smallest absolute Gasteiger partial charge is 0.193 e. The highest BCUT2D eigenvalue weighted by Crippen LogP contribution is 2.35. The van der Waals surface area contributed by atoms with E-state index in [0.717, 1.165) is 5.56 Å². The molecule has 25 heavy (non-hydrogen) atoms. The van der Waals surface area contributed by atoms with Crippen molar-refractivity contribution in [3.05, 3.63) is 58.3 Å². The summed E-state index contributed by atoms with van der Waals surface area (Å²) < 4.78 is 16.9. The zero-order chi connectivity index (χ0) is 17.8. The first kappa shape index (κ1) is 17.0. The molecule has 1 heterocycles. The summed E-state index contributed by atoms with van der Waals surface area (Å²) in [5.74, 6) is 1.58. The van der Waals surface area contributed by atoms with Gasteiger partial charge in [0, 0.05) is 12.7 Å². The van der Waals surface area contributed by atoms with Crippen LogP contribution in [0.4, 0.5) is 0 Å². The number of fused-ring (bicyclic) bond motifs is 1. The summed E-state index contributed by atoms with van der Waals surface area (Å²) in [5, 5.41) is 9.53. The second kappa shape index (κ2) is 7.40. The van der Waals surface area contributed by atoms with Crippen molar-refractivity contribution in [2.45, 2.75) is 12.8 Å². The summed E-state index contributed by atoms with van der Waals surface area (Å²) in [7, 11) is 3.12. The first-order chi connectivity index (χ1) is 12.2. The van der Waals surface area contributed by atoms with E-state index in [1.165, 1.54) is 6.07 Å². The quantitative estimate of drug-likeness (QED) is 0.745. The fourth-order valence-corrected chi connectivity index (χ4v) is 2.91. The van der Waals surface area contributed by atoms with Gasteiger partial charge in [-0.3, -0.25) is 4.79 Å². The van der Waals surface area contributed by atoms with Crippen molar-refractivity contribution in [2.75, 3.05) is 20.8 Å². The molecule has 3 rings (SSSR count). The monoisotopic (exact) mass is 340 g/mol. The normalized spacial score (nSPS) is 10.8. The van der Waals surface area contributed by atoms with Crippen LogP contribution in [0.1, 0.15) is 12.0 Å². The fraction of sp³-hybridized carbons (Fsp3) is 0.250. The molecule has 5 nitrogen and oxygen atoms in total. The van der Waals surface area contributed by atoms with Crippen LogP contribution in [0.3, 0.4) is 0 Å². The van der Waals surface area contributed by atoms with E-state index in [1.807, 2.05) is 30.3 Å². The van der Waals surface area contributed by atoms with Crippen molar-refractivity contribution in [1.29, 1.82) is 0 Å². The summed E-state index contributed by atoms with van der Waals surface area (Å²) >= 11 is 0. The third-order valence-electron chi connectivity index (χ3n) is 4.11. The maximum Gasteiger partial charge on any atom is 0.193 e. The minimum Gasteiger partial charge on any atom is -0.496 e. The van der Waals surface area contributed by atoms with Gasteiger partial charge >= 0.3 is 0 Å². The Kier molecular flexibility index (Phi) is 5.05. The average Bonchev–Trinajstić information content (AvgIpc) is 2.65. The molecule has 1 aromatic heterocycles. The van der Waals surface area contributed by atoms with Crippen molar-refractivity contribution in [2.24, 2.45) is 0 Å². The molecule has 0 aliphatic rings. The van der Waals surface area contributed by atoms with Crippen LogP contribution in [0.2, 0.25) is 0 Å². The lowest BCUT2D eigenvalue weighted by Gasteiger charge is -2.12. The number of ether oxygens (including phenoxy) is 2. The zero-order valence-corrected chi connectivity index (χ0v) is 14.2. The first-order valence-electron chi connectivity index (χ1n) is 8.07. The van der Waals surface area contributed by atoms with E-state index in [1.54, 1.807) is 20.3 Å². The molecule has 130 valence electrons. The number of hydrogen-bond acceptors (Lipinski definition) is 5. The van der Waals surface area contributed by atoms with E-state index in [0.29, 0.717) is 46.6 Å². The standard InChI is InChI=1S/C20H20O5/c1-23-17-8-4-3-7-15(17)18-12-16(22)14-10-9-13(6-5-11-21)19(24-2)20(14)25-18/h3-4,7-10,12,21H,5-6,11H2,1-2H3. The van der Waals surface area contributed by atoms with Gasteiger partial charge in [-0.1, -0.05) is 18.2 Å². The fourth-order valence-electron chi connectivity index (χ4n) is 2.91. The van der Waals surface area contributed by atoms with Gasteiger partial charge in [0.2, 0.25) is 0 Å². The highest BCUT2D eigenvalue weighted by Gasteiger charge is 2.16. The molecular weight excluding hydrogens is 320 g/mol. The Hall–Kier alpha value is -2.79. The molecule has 1 N–H and O–H groups in total. The molecule has 0 radical (unpaired) electrons. The maximum absolute atomic E-state index is 12.6. The predicted octanol–water partition coefficient (Wildman–Crippen LogP) is 3.40. The first-order valence-corrected chi connectivity index (χ1v) is 8.07. The van der Waals surface area contributed by atoms with Gasteiger partial charge in [0.1, 0.15) is 11.5 Å². The van der Waals surface area contributed by atoms with E-state index >= 15 is 0 Å². The predicted molar refractivity (Wildman–Crippen MR) is 96.4 cm³/mol. The van der Waals surface area contributed by atoms with Crippen LogP contribution in [0, 0.1) is 0 Å². The van der Waals surface area contributed by atoms with Crippen LogP contribution in [-0.4, -0.2) is 25.9 Å². The van der Waals surface area contributed by atoms with Crippen molar-refractivity contribution < 1.29 is 19.0 Å². The highest BCUT2D eigenvalue weighted by atomic mass is 16.5. The summed E-state index contributed by atoms with van der Waals surface area (Å²) in [4.78, 5) is 12.6. The van der Waals surface area contributed by atoms with Crippen molar-refractivity contribution in [1.82, 2.24) is 0 Å². The lowest BCUT2D eigenvalue weighted by atomic mass is 10.0. The Labute approximate surface area is 145 Å². The molecule has 3 aromatic rings. The molecule has 0 amide bonds. The van der Waals surface area contributed by atoms with E-state index in [4.69, 9.17) is 19.0 Å². The van der Waals surface area contributed by atoms with Crippen LogP contribution in [0.15, 0.2) is 51.7 Å². The molecule has 0 saturated carbocycles. The molecule has 0 bridgehead atoms. The molecule has 0 unspecified atom stereocenters. The van der Waals surface area contributed by atoms with E-state index in [2.05, 4.69) is 0 Å². The minimum absolute atomic E-state index is 0.0897. The Morgan fingerprint density at radius 2 is 1.88 bits per heavy atom. The van der Waals surface area contributed by atoms with Gasteiger partial charge in [-0.25, -0.2) is 0 Å². The third-order valence-corrected chi connectivity index (χ3v) is 4.11. The lowest BCUT2D eigenvalue weighted by molar-refractivity contribution is 0.287. The number of aliphatic hydroxyl groups is 1. The Balaban J connectivity index is 2.24. The summed E-state index contributed by atoms with van der Waals surface area (Å²) in [6.07, 6.45) is 1.25. The number of aryl methyl sites for hydroxylation is 1. The number of rotatable bonds is 6. The Morgan fingerprint density at radius 3 is 2.60 bits per heavy atom. The minimum atomic E-state index is -0.144. The molecule has 0 spiro atoms. The van der Waals surface area contributed by atoms with E-state index < -0.39 is 0 Å². The van der Waals surface area contributed by atoms with Gasteiger partial charge in [0.25, 0.3) is 0 Å². The van der Waals surface area contributed by atoms with Crippen LogP contribution >= 0.6 is 0 Å². The number of para-hydroxylation sites is 1. The second-order valence-corrected chi connectivity index (χ2v) is 5.64. The number of methoxy groups -OCH3 is 2. The van der Waals surface area contributed by atoms with E-state index in [-0.39, 0.29) is 12.0 Å². The number of hydrogen-bond donors (Lipinski definition) is 1. The highest BCUT2D eigenvalue weighted by molar-refractivity contribution is 5.86. The third kappa shape index (κ3) is 3.23. The van der Waals surface area contributed by atoms with Gasteiger partial charge < -0.3 is 19.0 Å². The van der Waals surface area contributed by atoms with Gasteiger partial charge in [0.15, 0.2) is 16.8 Å². The summed E-state index contributed by atoms with van der Waals surface area (Å²) in [6, 6.07) is 12.4. The Morgan fingerprint density at radius 1 is 1.08 bits per heavy atom. The molecule has 5 heteroatoms. The second-order valence-electron chi connectivity index (χ2n) is 5.64. The van der Waals surface area contributed by atoms with Gasteiger partial charge in [-0.2, -0.15) is 0 Å². The average molecular weight is 340 g/mol. The molecule has 0 fully saturated rings. The number of benzene rings is 2. The van der Waals surface area contributed by atoms with Gasteiger partial charge in [0.05, 0.1) is 25.2 Å². The molecule has 0 atom stereocenters. The summed E-state index contributed by atoms with van der Waals surface area (Å²) in [5.41, 5.74) is 1.86. The molecule has 2 aromatic carbocycles.